The molecule has 158 valence electrons. The van der Waals surface area contributed by atoms with Crippen LogP contribution in [0, 0.1) is 5.92 Å². The predicted molar refractivity (Wildman–Crippen MR) is 121 cm³/mol. The molecule has 1 fully saturated rings. The molecular weight excluding hydrogens is 400 g/mol. The molecule has 0 bridgehead atoms. The molecule has 1 saturated heterocycles. The molecule has 0 radical (unpaired) electrons. The van der Waals surface area contributed by atoms with Gasteiger partial charge in [-0.05, 0) is 49.1 Å². The van der Waals surface area contributed by atoms with Crippen molar-refractivity contribution in [1.29, 1.82) is 0 Å². The largest absolute Gasteiger partial charge is 0.491 e. The second-order valence-corrected chi connectivity index (χ2v) is 7.76. The van der Waals surface area contributed by atoms with Gasteiger partial charge in [-0.15, -0.1) is 0 Å². The molecule has 2 aromatic rings. The smallest absolute Gasteiger partial charge is 0.246 e. The van der Waals surface area contributed by atoms with Crippen LogP contribution in [0.3, 0.4) is 0 Å². The van der Waals surface area contributed by atoms with E-state index < -0.39 is 0 Å². The Morgan fingerprint density at radius 3 is 2.60 bits per heavy atom. The molecule has 0 saturated carbocycles. The number of piperidine rings is 1. The van der Waals surface area contributed by atoms with Crippen molar-refractivity contribution < 1.29 is 14.3 Å². The SMILES string of the molecule is CCCOc1ccc(Cl)cc1NC(=O)C1CCN(C(=O)C=Cc2ccccc2)CC1. The highest BCUT2D eigenvalue weighted by atomic mass is 35.5. The number of nitrogens with one attached hydrogen (secondary N) is 1. The van der Waals surface area contributed by atoms with Crippen LogP contribution in [0.4, 0.5) is 5.69 Å². The van der Waals surface area contributed by atoms with Gasteiger partial charge in [-0.1, -0.05) is 48.9 Å². The van der Waals surface area contributed by atoms with Crippen molar-refractivity contribution in [3.05, 3.63) is 65.2 Å². The lowest BCUT2D eigenvalue weighted by atomic mass is 9.95. The minimum absolute atomic E-state index is 0.0252. The van der Waals surface area contributed by atoms with E-state index in [2.05, 4.69) is 5.32 Å². The van der Waals surface area contributed by atoms with Gasteiger partial charge in [0, 0.05) is 30.1 Å². The highest BCUT2D eigenvalue weighted by molar-refractivity contribution is 6.31. The lowest BCUT2D eigenvalue weighted by Gasteiger charge is -2.30. The number of hydrogen-bond acceptors (Lipinski definition) is 3. The monoisotopic (exact) mass is 426 g/mol. The van der Waals surface area contributed by atoms with E-state index in [0.29, 0.717) is 49.0 Å². The van der Waals surface area contributed by atoms with Gasteiger partial charge in [0.05, 0.1) is 12.3 Å². The van der Waals surface area contributed by atoms with E-state index in [0.717, 1.165) is 12.0 Å². The summed E-state index contributed by atoms with van der Waals surface area (Å²) < 4.78 is 5.71. The molecule has 0 unspecified atom stereocenters. The Bertz CT molecular complexity index is 891. The molecule has 30 heavy (non-hydrogen) atoms. The van der Waals surface area contributed by atoms with Crippen molar-refractivity contribution in [2.24, 2.45) is 5.92 Å². The molecule has 3 rings (SSSR count). The summed E-state index contributed by atoms with van der Waals surface area (Å²) in [6.45, 7) is 3.72. The number of likely N-dealkylation sites (tertiary alicyclic amines) is 1. The molecule has 1 aliphatic heterocycles. The van der Waals surface area contributed by atoms with Crippen molar-refractivity contribution in [1.82, 2.24) is 4.90 Å². The van der Waals surface area contributed by atoms with Crippen LogP contribution in [-0.4, -0.2) is 36.4 Å². The van der Waals surface area contributed by atoms with Gasteiger partial charge in [0.15, 0.2) is 0 Å². The third-order valence-electron chi connectivity index (χ3n) is 5.06. The van der Waals surface area contributed by atoms with E-state index in [4.69, 9.17) is 16.3 Å². The third kappa shape index (κ3) is 6.10. The summed E-state index contributed by atoms with van der Waals surface area (Å²) in [4.78, 5) is 27.0. The number of halogens is 1. The van der Waals surface area contributed by atoms with Crippen LogP contribution in [0.15, 0.2) is 54.6 Å². The van der Waals surface area contributed by atoms with Crippen molar-refractivity contribution in [2.45, 2.75) is 26.2 Å². The highest BCUT2D eigenvalue weighted by Gasteiger charge is 2.27. The molecule has 5 nitrogen and oxygen atoms in total. The van der Waals surface area contributed by atoms with E-state index in [-0.39, 0.29) is 17.7 Å². The number of amides is 2. The summed E-state index contributed by atoms with van der Waals surface area (Å²) >= 11 is 6.09. The Morgan fingerprint density at radius 1 is 1.17 bits per heavy atom. The molecule has 2 aromatic carbocycles. The second kappa shape index (κ2) is 10.8. The van der Waals surface area contributed by atoms with Crippen LogP contribution in [-0.2, 0) is 9.59 Å². The van der Waals surface area contributed by atoms with Gasteiger partial charge >= 0.3 is 0 Å². The number of carbonyl (C=O) groups excluding carboxylic acids is 2. The number of anilines is 1. The van der Waals surface area contributed by atoms with Crippen LogP contribution in [0.25, 0.3) is 6.08 Å². The molecule has 0 spiro atoms. The number of benzene rings is 2. The lowest BCUT2D eigenvalue weighted by molar-refractivity contribution is -0.130. The van der Waals surface area contributed by atoms with Crippen molar-refractivity contribution in [3.8, 4) is 5.75 Å². The Labute approximate surface area is 182 Å². The molecule has 1 aliphatic rings. The molecule has 1 N–H and O–H groups in total. The van der Waals surface area contributed by atoms with E-state index in [1.165, 1.54) is 0 Å². The zero-order valence-electron chi connectivity index (χ0n) is 17.1. The average molecular weight is 427 g/mol. The van der Waals surface area contributed by atoms with E-state index >= 15 is 0 Å². The molecule has 2 amide bonds. The maximum atomic E-state index is 12.8. The fourth-order valence-corrected chi connectivity index (χ4v) is 3.54. The fraction of sp³-hybridized carbons (Fsp3) is 0.333. The highest BCUT2D eigenvalue weighted by Crippen LogP contribution is 2.29. The molecule has 0 aromatic heterocycles. The van der Waals surface area contributed by atoms with Crippen molar-refractivity contribution >= 4 is 35.2 Å². The van der Waals surface area contributed by atoms with Gasteiger partial charge in [0.1, 0.15) is 5.75 Å². The topological polar surface area (TPSA) is 58.6 Å². The number of carbonyl (C=O) groups is 2. The van der Waals surface area contributed by atoms with Crippen LogP contribution in [0.2, 0.25) is 5.02 Å². The van der Waals surface area contributed by atoms with Crippen LogP contribution in [0.5, 0.6) is 5.75 Å². The van der Waals surface area contributed by atoms with Crippen molar-refractivity contribution in [3.63, 3.8) is 0 Å². The molecule has 0 aliphatic carbocycles. The molecule has 6 heteroatoms. The Kier molecular flexibility index (Phi) is 7.91. The van der Waals surface area contributed by atoms with Crippen LogP contribution in [0.1, 0.15) is 31.7 Å². The quantitative estimate of drug-likeness (QED) is 0.632. The predicted octanol–water partition coefficient (Wildman–Crippen LogP) is 5.02. The van der Waals surface area contributed by atoms with Crippen molar-refractivity contribution in [2.75, 3.05) is 25.0 Å². The minimum Gasteiger partial charge on any atom is -0.491 e. The zero-order chi connectivity index (χ0) is 21.3. The maximum Gasteiger partial charge on any atom is 0.246 e. The minimum atomic E-state index is -0.148. The lowest BCUT2D eigenvalue weighted by Crippen LogP contribution is -2.40. The molecule has 0 atom stereocenters. The van der Waals surface area contributed by atoms with Gasteiger partial charge < -0.3 is 15.0 Å². The number of nitrogens with zero attached hydrogens (tertiary/aromatic N) is 1. The summed E-state index contributed by atoms with van der Waals surface area (Å²) in [6, 6.07) is 14.9. The first-order chi connectivity index (χ1) is 14.6. The first-order valence-electron chi connectivity index (χ1n) is 10.3. The second-order valence-electron chi connectivity index (χ2n) is 7.32. The van der Waals surface area contributed by atoms with Gasteiger partial charge in [-0.3, -0.25) is 9.59 Å². The summed E-state index contributed by atoms with van der Waals surface area (Å²) in [6.07, 6.45) is 5.54. The van der Waals surface area contributed by atoms with Gasteiger partial charge in [0.2, 0.25) is 11.8 Å². The first kappa shape index (κ1) is 21.9. The number of hydrogen-bond donors (Lipinski definition) is 1. The summed E-state index contributed by atoms with van der Waals surface area (Å²) in [5.74, 6) is 0.381. The van der Waals surface area contributed by atoms with E-state index in [1.54, 1.807) is 29.2 Å². The Hall–Kier alpha value is -2.79. The zero-order valence-corrected chi connectivity index (χ0v) is 17.9. The summed E-state index contributed by atoms with van der Waals surface area (Å²) in [5, 5.41) is 3.50. The third-order valence-corrected chi connectivity index (χ3v) is 5.29. The van der Waals surface area contributed by atoms with E-state index in [9.17, 15) is 9.59 Å². The standard InChI is InChI=1S/C24H27ClN2O3/c1-2-16-30-22-10-9-20(25)17-21(22)26-24(29)19-12-14-27(15-13-19)23(28)11-8-18-6-4-3-5-7-18/h3-11,17,19H,2,12-16H2,1H3,(H,26,29). The molecular formula is C24H27ClN2O3. The number of ether oxygens (including phenoxy) is 1. The normalized spacial score (nSPS) is 14.7. The number of rotatable bonds is 7. The van der Waals surface area contributed by atoms with Gasteiger partial charge in [-0.2, -0.15) is 0 Å². The van der Waals surface area contributed by atoms with Gasteiger partial charge in [0.25, 0.3) is 0 Å². The van der Waals surface area contributed by atoms with Gasteiger partial charge in [-0.25, -0.2) is 0 Å². The summed E-state index contributed by atoms with van der Waals surface area (Å²) in [7, 11) is 0. The molecule has 1 heterocycles. The average Bonchev–Trinajstić information content (AvgIpc) is 2.77. The first-order valence-corrected chi connectivity index (χ1v) is 10.7. The fourth-order valence-electron chi connectivity index (χ4n) is 3.37. The Morgan fingerprint density at radius 2 is 1.90 bits per heavy atom. The maximum absolute atomic E-state index is 12.8. The van der Waals surface area contributed by atoms with Crippen LogP contribution >= 0.6 is 11.6 Å². The summed E-state index contributed by atoms with van der Waals surface area (Å²) in [5.41, 5.74) is 1.58. The Balaban J connectivity index is 1.54. The van der Waals surface area contributed by atoms with Crippen LogP contribution < -0.4 is 10.1 Å². The van der Waals surface area contributed by atoms with E-state index in [1.807, 2.05) is 43.3 Å².